The maximum atomic E-state index is 12.8. The van der Waals surface area contributed by atoms with Gasteiger partial charge >= 0.3 is 18.4 Å². The summed E-state index contributed by atoms with van der Waals surface area (Å²) >= 11 is 0. The van der Waals surface area contributed by atoms with E-state index in [-0.39, 0.29) is 11.6 Å². The standard InChI is InChI=1S/C14H15F6N3O/c15-13(16,17)10-5-9(6-11(7-10)14(18,19)20)8-22-12(24)23-3-1-21-2-4-23/h5-7,21H,1-4,8H2,(H,22,24). The molecule has 2 rings (SSSR count). The van der Waals surface area contributed by atoms with Crippen molar-refractivity contribution in [3.8, 4) is 0 Å². The van der Waals surface area contributed by atoms with Crippen LogP contribution in [0.3, 0.4) is 0 Å². The minimum atomic E-state index is -4.90. The van der Waals surface area contributed by atoms with Crippen LogP contribution in [0.4, 0.5) is 31.1 Å². The zero-order valence-electron chi connectivity index (χ0n) is 12.4. The second-order valence-electron chi connectivity index (χ2n) is 5.31. The van der Waals surface area contributed by atoms with Crippen LogP contribution in [-0.4, -0.2) is 37.1 Å². The lowest BCUT2D eigenvalue weighted by atomic mass is 10.0. The van der Waals surface area contributed by atoms with Crippen molar-refractivity contribution in [2.45, 2.75) is 18.9 Å². The summed E-state index contributed by atoms with van der Waals surface area (Å²) in [6, 6.07) is 0.741. The highest BCUT2D eigenvalue weighted by Gasteiger charge is 2.36. The molecule has 1 aliphatic heterocycles. The molecule has 0 radical (unpaired) electrons. The first-order valence-corrected chi connectivity index (χ1v) is 7.09. The van der Waals surface area contributed by atoms with Crippen LogP contribution in [0, 0.1) is 0 Å². The van der Waals surface area contributed by atoms with E-state index in [0.717, 1.165) is 0 Å². The smallest absolute Gasteiger partial charge is 0.334 e. The Balaban J connectivity index is 2.15. The Labute approximate surface area is 133 Å². The monoisotopic (exact) mass is 355 g/mol. The summed E-state index contributed by atoms with van der Waals surface area (Å²) in [7, 11) is 0. The number of nitrogens with zero attached hydrogens (tertiary/aromatic N) is 1. The van der Waals surface area contributed by atoms with E-state index in [0.29, 0.717) is 38.3 Å². The number of amides is 2. The zero-order chi connectivity index (χ0) is 18.0. The number of halogens is 6. The van der Waals surface area contributed by atoms with Crippen LogP contribution in [0.25, 0.3) is 0 Å². The van der Waals surface area contributed by atoms with E-state index >= 15 is 0 Å². The molecule has 2 N–H and O–H groups in total. The topological polar surface area (TPSA) is 44.4 Å². The molecule has 24 heavy (non-hydrogen) atoms. The second-order valence-corrected chi connectivity index (χ2v) is 5.31. The number of benzene rings is 1. The molecule has 0 saturated carbocycles. The van der Waals surface area contributed by atoms with Gasteiger partial charge in [0.25, 0.3) is 0 Å². The predicted molar refractivity (Wildman–Crippen MR) is 73.1 cm³/mol. The summed E-state index contributed by atoms with van der Waals surface area (Å²) in [6.45, 7) is 1.57. The lowest BCUT2D eigenvalue weighted by Gasteiger charge is -2.27. The number of carbonyl (C=O) groups is 1. The van der Waals surface area contributed by atoms with Crippen LogP contribution >= 0.6 is 0 Å². The van der Waals surface area contributed by atoms with Crippen molar-refractivity contribution >= 4 is 6.03 Å². The summed E-state index contributed by atoms with van der Waals surface area (Å²) in [5.74, 6) is 0. The number of hydrogen-bond donors (Lipinski definition) is 2. The minimum Gasteiger partial charge on any atom is -0.334 e. The van der Waals surface area contributed by atoms with Gasteiger partial charge in [-0.2, -0.15) is 26.3 Å². The Hall–Kier alpha value is -1.97. The SMILES string of the molecule is O=C(NCc1cc(C(F)(F)F)cc(C(F)(F)F)c1)N1CCNCC1. The number of alkyl halides is 6. The van der Waals surface area contributed by atoms with Gasteiger partial charge in [0.05, 0.1) is 11.1 Å². The van der Waals surface area contributed by atoms with E-state index in [2.05, 4.69) is 10.6 Å². The van der Waals surface area contributed by atoms with Gasteiger partial charge in [-0.05, 0) is 23.8 Å². The first-order valence-electron chi connectivity index (χ1n) is 7.09. The largest absolute Gasteiger partial charge is 0.416 e. The minimum absolute atomic E-state index is 0.0572. The third kappa shape index (κ3) is 4.76. The van der Waals surface area contributed by atoms with Crippen LogP contribution < -0.4 is 10.6 Å². The normalized spacial score (nSPS) is 16.2. The second kappa shape index (κ2) is 6.88. The van der Waals surface area contributed by atoms with E-state index < -0.39 is 36.1 Å². The fourth-order valence-electron chi connectivity index (χ4n) is 2.28. The van der Waals surface area contributed by atoms with Crippen molar-refractivity contribution in [1.82, 2.24) is 15.5 Å². The van der Waals surface area contributed by atoms with Crippen LogP contribution in [-0.2, 0) is 18.9 Å². The third-order valence-electron chi connectivity index (χ3n) is 3.50. The van der Waals surface area contributed by atoms with Crippen LogP contribution in [0.1, 0.15) is 16.7 Å². The van der Waals surface area contributed by atoms with Gasteiger partial charge in [-0.15, -0.1) is 0 Å². The molecular weight excluding hydrogens is 340 g/mol. The summed E-state index contributed by atoms with van der Waals surface area (Å²) in [4.78, 5) is 13.3. The van der Waals surface area contributed by atoms with E-state index in [1.807, 2.05) is 0 Å². The quantitative estimate of drug-likeness (QED) is 0.802. The van der Waals surface area contributed by atoms with Gasteiger partial charge in [0.1, 0.15) is 0 Å². The average molecular weight is 355 g/mol. The molecule has 0 aromatic heterocycles. The first-order chi connectivity index (χ1) is 11.1. The highest BCUT2D eigenvalue weighted by atomic mass is 19.4. The average Bonchev–Trinajstić information content (AvgIpc) is 2.51. The van der Waals surface area contributed by atoms with Crippen molar-refractivity contribution in [1.29, 1.82) is 0 Å². The summed E-state index contributed by atoms with van der Waals surface area (Å²) in [6.07, 6.45) is -9.81. The number of urea groups is 1. The molecule has 0 atom stereocenters. The molecule has 1 saturated heterocycles. The van der Waals surface area contributed by atoms with Crippen molar-refractivity contribution < 1.29 is 31.1 Å². The van der Waals surface area contributed by atoms with Gasteiger partial charge in [-0.3, -0.25) is 0 Å². The van der Waals surface area contributed by atoms with E-state index in [9.17, 15) is 31.1 Å². The molecule has 0 spiro atoms. The van der Waals surface area contributed by atoms with Crippen LogP contribution in [0.5, 0.6) is 0 Å². The highest BCUT2D eigenvalue weighted by molar-refractivity contribution is 5.74. The van der Waals surface area contributed by atoms with Crippen molar-refractivity contribution in [2.24, 2.45) is 0 Å². The summed E-state index contributed by atoms with van der Waals surface area (Å²) in [5, 5.41) is 5.37. The van der Waals surface area contributed by atoms with Crippen molar-refractivity contribution in [2.75, 3.05) is 26.2 Å². The highest BCUT2D eigenvalue weighted by Crippen LogP contribution is 2.36. The Kier molecular flexibility index (Phi) is 5.26. The molecular formula is C14H15F6N3O. The number of piperazine rings is 1. The summed E-state index contributed by atoms with van der Waals surface area (Å²) in [5.41, 5.74) is -3.06. The molecule has 0 bridgehead atoms. The van der Waals surface area contributed by atoms with Crippen molar-refractivity contribution in [3.05, 3.63) is 34.9 Å². The maximum Gasteiger partial charge on any atom is 0.416 e. The molecule has 1 fully saturated rings. The van der Waals surface area contributed by atoms with Gasteiger partial charge in [-0.25, -0.2) is 4.79 Å². The van der Waals surface area contributed by atoms with Gasteiger partial charge in [0.15, 0.2) is 0 Å². The van der Waals surface area contributed by atoms with Gasteiger partial charge in [0, 0.05) is 32.7 Å². The van der Waals surface area contributed by atoms with Gasteiger partial charge in [-0.1, -0.05) is 0 Å². The number of carbonyl (C=O) groups excluding carboxylic acids is 1. The molecule has 1 aromatic carbocycles. The van der Waals surface area contributed by atoms with Crippen molar-refractivity contribution in [3.63, 3.8) is 0 Å². The van der Waals surface area contributed by atoms with E-state index in [1.165, 1.54) is 4.90 Å². The molecule has 1 heterocycles. The number of rotatable bonds is 2. The maximum absolute atomic E-state index is 12.8. The Morgan fingerprint density at radius 1 is 1.00 bits per heavy atom. The lowest BCUT2D eigenvalue weighted by Crippen LogP contribution is -2.50. The fourth-order valence-corrected chi connectivity index (χ4v) is 2.28. The summed E-state index contributed by atoms with van der Waals surface area (Å²) < 4.78 is 76.5. The first kappa shape index (κ1) is 18.4. The van der Waals surface area contributed by atoms with Gasteiger partial charge < -0.3 is 15.5 Å². The molecule has 0 aliphatic carbocycles. The van der Waals surface area contributed by atoms with Gasteiger partial charge in [0.2, 0.25) is 0 Å². The molecule has 2 amide bonds. The molecule has 10 heteroatoms. The molecule has 4 nitrogen and oxygen atoms in total. The Morgan fingerprint density at radius 3 is 1.96 bits per heavy atom. The molecule has 1 aliphatic rings. The Bertz CT molecular complexity index is 561. The lowest BCUT2D eigenvalue weighted by molar-refractivity contribution is -0.143. The molecule has 1 aromatic rings. The number of nitrogens with one attached hydrogen (secondary N) is 2. The zero-order valence-corrected chi connectivity index (χ0v) is 12.4. The van der Waals surface area contributed by atoms with Crippen LogP contribution in [0.2, 0.25) is 0 Å². The number of hydrogen-bond acceptors (Lipinski definition) is 2. The Morgan fingerprint density at radius 2 is 1.50 bits per heavy atom. The fraction of sp³-hybridized carbons (Fsp3) is 0.500. The molecule has 134 valence electrons. The third-order valence-corrected chi connectivity index (χ3v) is 3.50. The molecule has 0 unspecified atom stereocenters. The van der Waals surface area contributed by atoms with E-state index in [1.54, 1.807) is 0 Å². The predicted octanol–water partition coefficient (Wildman–Crippen LogP) is 2.84. The van der Waals surface area contributed by atoms with E-state index in [4.69, 9.17) is 0 Å². The van der Waals surface area contributed by atoms with Crippen LogP contribution in [0.15, 0.2) is 18.2 Å².